The molecule has 1 saturated heterocycles. The SMILES string of the molecule is CCC1SS1. The van der Waals surface area contributed by atoms with Crippen LogP contribution in [0.4, 0.5) is 0 Å². The van der Waals surface area contributed by atoms with Gasteiger partial charge in [0.05, 0.1) is 4.58 Å². The fraction of sp³-hybridized carbons (Fsp3) is 1.00. The van der Waals surface area contributed by atoms with Gasteiger partial charge < -0.3 is 0 Å². The zero-order chi connectivity index (χ0) is 3.70. The minimum absolute atomic E-state index is 0.968. The molecule has 30 valence electrons. The topological polar surface area (TPSA) is 0 Å². The molecule has 0 unspecified atom stereocenters. The van der Waals surface area contributed by atoms with Gasteiger partial charge in [-0.2, -0.15) is 0 Å². The van der Waals surface area contributed by atoms with Crippen molar-refractivity contribution in [2.75, 3.05) is 0 Å². The summed E-state index contributed by atoms with van der Waals surface area (Å²) in [4.78, 5) is 0. The minimum atomic E-state index is 0.968. The lowest BCUT2D eigenvalue weighted by molar-refractivity contribution is 1.08. The Kier molecular flexibility index (Phi) is 1.11. The maximum absolute atomic E-state index is 2.22. The van der Waals surface area contributed by atoms with Crippen LogP contribution in [-0.2, 0) is 0 Å². The molecule has 1 rings (SSSR count). The molecule has 0 aromatic carbocycles. The van der Waals surface area contributed by atoms with Crippen molar-refractivity contribution in [1.82, 2.24) is 0 Å². The van der Waals surface area contributed by atoms with Crippen LogP contribution in [0.25, 0.3) is 0 Å². The fourth-order valence-electron chi connectivity index (χ4n) is 0.175. The number of hydrogen-bond acceptors (Lipinski definition) is 2. The Hall–Kier alpha value is 0.700. The predicted molar refractivity (Wildman–Crippen MR) is 29.3 cm³/mol. The summed E-state index contributed by atoms with van der Waals surface area (Å²) in [6.45, 7) is 2.22. The summed E-state index contributed by atoms with van der Waals surface area (Å²) in [5.74, 6) is 0. The maximum Gasteiger partial charge on any atom is 0.0707 e. The van der Waals surface area contributed by atoms with Crippen molar-refractivity contribution in [3.05, 3.63) is 0 Å². The van der Waals surface area contributed by atoms with E-state index in [4.69, 9.17) is 0 Å². The summed E-state index contributed by atoms with van der Waals surface area (Å²) in [5, 5.41) is 0. The van der Waals surface area contributed by atoms with Crippen molar-refractivity contribution in [3.63, 3.8) is 0 Å². The fourth-order valence-corrected chi connectivity index (χ4v) is 1.58. The van der Waals surface area contributed by atoms with E-state index in [9.17, 15) is 0 Å². The second-order valence-corrected chi connectivity index (χ2v) is 4.01. The average molecular weight is 106 g/mol. The molecular weight excluding hydrogens is 100 g/mol. The Labute approximate surface area is 40.1 Å². The van der Waals surface area contributed by atoms with Gasteiger partial charge in [-0.25, -0.2) is 0 Å². The number of hydrogen-bond donors (Lipinski definition) is 0. The van der Waals surface area contributed by atoms with Crippen molar-refractivity contribution in [2.24, 2.45) is 0 Å². The van der Waals surface area contributed by atoms with Gasteiger partial charge in [0.2, 0.25) is 0 Å². The van der Waals surface area contributed by atoms with Crippen LogP contribution < -0.4 is 0 Å². The third-order valence-electron chi connectivity index (χ3n) is 0.566. The molecule has 0 aromatic rings. The smallest absolute Gasteiger partial charge is 0.0707 e. The summed E-state index contributed by atoms with van der Waals surface area (Å²) in [6.07, 6.45) is 1.34. The van der Waals surface area contributed by atoms with Crippen LogP contribution in [0.15, 0.2) is 0 Å². The zero-order valence-corrected chi connectivity index (χ0v) is 4.73. The van der Waals surface area contributed by atoms with E-state index in [0.29, 0.717) is 0 Å². The highest BCUT2D eigenvalue weighted by Gasteiger charge is 2.20. The molecule has 5 heavy (non-hydrogen) atoms. The van der Waals surface area contributed by atoms with E-state index in [1.54, 1.807) is 0 Å². The second-order valence-electron chi connectivity index (χ2n) is 1.03. The molecule has 0 bridgehead atoms. The summed E-state index contributed by atoms with van der Waals surface area (Å²) < 4.78 is 0.968. The Morgan fingerprint density at radius 1 is 1.60 bits per heavy atom. The third kappa shape index (κ3) is 1.05. The Balaban J connectivity index is 2.00. The van der Waals surface area contributed by atoms with Gasteiger partial charge in [-0.1, -0.05) is 28.5 Å². The highest BCUT2D eigenvalue weighted by atomic mass is 33.2. The molecule has 0 saturated carbocycles. The lowest BCUT2D eigenvalue weighted by Gasteiger charge is -1.68. The predicted octanol–water partition coefficient (Wildman–Crippen LogP) is 2.12. The number of rotatable bonds is 1. The summed E-state index contributed by atoms with van der Waals surface area (Å²) in [7, 11) is 3.97. The van der Waals surface area contributed by atoms with Gasteiger partial charge in [0.25, 0.3) is 0 Å². The first-order valence-corrected chi connectivity index (χ1v) is 4.03. The van der Waals surface area contributed by atoms with Gasteiger partial charge in [0.15, 0.2) is 0 Å². The first kappa shape index (κ1) is 3.88. The van der Waals surface area contributed by atoms with E-state index >= 15 is 0 Å². The normalized spacial score (nSPS) is 23.4. The van der Waals surface area contributed by atoms with Gasteiger partial charge in [0.1, 0.15) is 0 Å². The van der Waals surface area contributed by atoms with Gasteiger partial charge in [-0.05, 0) is 6.42 Å². The largest absolute Gasteiger partial charge is 0.0777 e. The second kappa shape index (κ2) is 1.43. The van der Waals surface area contributed by atoms with Gasteiger partial charge in [-0.3, -0.25) is 0 Å². The van der Waals surface area contributed by atoms with Gasteiger partial charge >= 0.3 is 0 Å². The molecule has 0 aliphatic carbocycles. The van der Waals surface area contributed by atoms with Crippen molar-refractivity contribution in [3.8, 4) is 0 Å². The van der Waals surface area contributed by atoms with Crippen LogP contribution in [0, 0.1) is 0 Å². The van der Waals surface area contributed by atoms with Crippen molar-refractivity contribution in [2.45, 2.75) is 17.9 Å². The van der Waals surface area contributed by atoms with Crippen LogP contribution in [-0.4, -0.2) is 4.58 Å². The van der Waals surface area contributed by atoms with Crippen molar-refractivity contribution < 1.29 is 0 Å². The molecule has 0 spiro atoms. The Morgan fingerprint density at radius 3 is 2.20 bits per heavy atom. The Bertz CT molecular complexity index is 31.9. The van der Waals surface area contributed by atoms with Crippen LogP contribution in [0.2, 0.25) is 0 Å². The molecule has 0 amide bonds. The standard InChI is InChI=1S/C3H6S2/c1-2-3-4-5-3/h3H,2H2,1H3. The lowest BCUT2D eigenvalue weighted by Crippen LogP contribution is -1.63. The quantitative estimate of drug-likeness (QED) is 0.371. The van der Waals surface area contributed by atoms with E-state index in [0.717, 1.165) is 4.58 Å². The van der Waals surface area contributed by atoms with Crippen molar-refractivity contribution >= 4 is 21.6 Å². The average Bonchev–Trinajstić information content (AvgIpc) is 2.12. The lowest BCUT2D eigenvalue weighted by atomic mass is 10.6. The van der Waals surface area contributed by atoms with Crippen molar-refractivity contribution in [1.29, 1.82) is 0 Å². The molecule has 1 aliphatic heterocycles. The Morgan fingerprint density at radius 2 is 2.20 bits per heavy atom. The van der Waals surface area contributed by atoms with E-state index in [1.807, 2.05) is 21.6 Å². The molecule has 0 aromatic heterocycles. The molecule has 1 fully saturated rings. The van der Waals surface area contributed by atoms with Crippen LogP contribution in [0.1, 0.15) is 13.3 Å². The van der Waals surface area contributed by atoms with Crippen LogP contribution >= 0.6 is 21.6 Å². The molecule has 2 heteroatoms. The van der Waals surface area contributed by atoms with E-state index in [1.165, 1.54) is 6.42 Å². The molecule has 0 nitrogen and oxygen atoms in total. The van der Waals surface area contributed by atoms with Crippen LogP contribution in [0.3, 0.4) is 0 Å². The minimum Gasteiger partial charge on any atom is -0.0777 e. The molecule has 1 heterocycles. The summed E-state index contributed by atoms with van der Waals surface area (Å²) >= 11 is 0. The maximum atomic E-state index is 2.22. The monoisotopic (exact) mass is 106 g/mol. The van der Waals surface area contributed by atoms with E-state index < -0.39 is 0 Å². The van der Waals surface area contributed by atoms with Gasteiger partial charge in [-0.15, -0.1) is 0 Å². The highest BCUT2D eigenvalue weighted by molar-refractivity contribution is 8.92. The van der Waals surface area contributed by atoms with Gasteiger partial charge in [0, 0.05) is 0 Å². The summed E-state index contributed by atoms with van der Waals surface area (Å²) in [5.41, 5.74) is 0. The zero-order valence-electron chi connectivity index (χ0n) is 3.10. The molecular formula is C3H6S2. The van der Waals surface area contributed by atoms with Crippen LogP contribution in [0.5, 0.6) is 0 Å². The first-order chi connectivity index (χ1) is 2.43. The van der Waals surface area contributed by atoms with E-state index in [2.05, 4.69) is 6.92 Å². The molecule has 0 radical (unpaired) electrons. The first-order valence-electron chi connectivity index (χ1n) is 1.75. The molecule has 0 N–H and O–H groups in total. The molecule has 0 atom stereocenters. The molecule has 1 aliphatic rings. The third-order valence-corrected chi connectivity index (χ3v) is 3.09. The summed E-state index contributed by atoms with van der Waals surface area (Å²) in [6, 6.07) is 0. The highest BCUT2D eigenvalue weighted by Crippen LogP contribution is 2.54. The van der Waals surface area contributed by atoms with E-state index in [-0.39, 0.29) is 0 Å².